The van der Waals surface area contributed by atoms with Crippen molar-refractivity contribution in [1.29, 1.82) is 0 Å². The van der Waals surface area contributed by atoms with E-state index < -0.39 is 10.0 Å². The molecule has 1 aromatic carbocycles. The molecule has 3 aromatic rings. The lowest BCUT2D eigenvalue weighted by atomic mass is 9.96. The molecule has 0 N–H and O–H groups in total. The third-order valence-corrected chi connectivity index (χ3v) is 11.1. The summed E-state index contributed by atoms with van der Waals surface area (Å²) < 4.78 is 34.6. The molecule has 0 saturated carbocycles. The van der Waals surface area contributed by atoms with Crippen molar-refractivity contribution in [3.63, 3.8) is 0 Å². The molecule has 0 aliphatic carbocycles. The van der Waals surface area contributed by atoms with Gasteiger partial charge in [0.1, 0.15) is 4.21 Å². The average molecular weight is 520 g/mol. The molecule has 2 fully saturated rings. The van der Waals surface area contributed by atoms with Gasteiger partial charge in [0.15, 0.2) is 5.13 Å². The van der Waals surface area contributed by atoms with Crippen LogP contribution in [-0.4, -0.2) is 56.0 Å². The van der Waals surface area contributed by atoms with E-state index >= 15 is 0 Å². The molecule has 182 valence electrons. The minimum absolute atomic E-state index is 0.0121. The SMILES string of the molecule is Cc1cc(C)c2sc(N(CC3CCCO3)C(=O)C3CCN(S(=O)(=O)c4cccs4)CC3)nc2c1. The van der Waals surface area contributed by atoms with E-state index in [4.69, 9.17) is 9.72 Å². The van der Waals surface area contributed by atoms with Crippen LogP contribution in [0.3, 0.4) is 0 Å². The first-order chi connectivity index (χ1) is 16.3. The Morgan fingerprint density at radius 2 is 2.03 bits per heavy atom. The minimum atomic E-state index is -3.49. The topological polar surface area (TPSA) is 79.8 Å². The van der Waals surface area contributed by atoms with Crippen molar-refractivity contribution in [1.82, 2.24) is 9.29 Å². The van der Waals surface area contributed by atoms with Crippen molar-refractivity contribution in [2.75, 3.05) is 31.1 Å². The lowest BCUT2D eigenvalue weighted by Crippen LogP contribution is -2.46. The Morgan fingerprint density at radius 1 is 1.24 bits per heavy atom. The van der Waals surface area contributed by atoms with Gasteiger partial charge >= 0.3 is 0 Å². The zero-order valence-corrected chi connectivity index (χ0v) is 21.8. The van der Waals surface area contributed by atoms with Gasteiger partial charge in [-0.05, 0) is 68.2 Å². The van der Waals surface area contributed by atoms with Crippen LogP contribution in [0.15, 0.2) is 33.9 Å². The number of anilines is 1. The second kappa shape index (κ2) is 9.66. The van der Waals surface area contributed by atoms with E-state index in [1.165, 1.54) is 15.6 Å². The number of thiazole rings is 1. The Kier molecular flexibility index (Phi) is 6.78. The van der Waals surface area contributed by atoms with Crippen LogP contribution in [-0.2, 0) is 19.6 Å². The predicted molar refractivity (Wildman–Crippen MR) is 136 cm³/mol. The summed E-state index contributed by atoms with van der Waals surface area (Å²) >= 11 is 2.78. The summed E-state index contributed by atoms with van der Waals surface area (Å²) in [6, 6.07) is 7.58. The van der Waals surface area contributed by atoms with E-state index in [1.807, 2.05) is 4.90 Å². The molecule has 0 bridgehead atoms. The van der Waals surface area contributed by atoms with Gasteiger partial charge in [0.05, 0.1) is 22.9 Å². The third-order valence-electron chi connectivity index (χ3n) is 6.61. The molecule has 2 saturated heterocycles. The number of benzene rings is 1. The number of aryl methyl sites for hydroxylation is 2. The molecule has 0 radical (unpaired) electrons. The highest BCUT2D eigenvalue weighted by Gasteiger charge is 2.36. The molecule has 0 spiro atoms. The van der Waals surface area contributed by atoms with Crippen LogP contribution in [0.25, 0.3) is 10.2 Å². The minimum Gasteiger partial charge on any atom is -0.376 e. The number of aromatic nitrogens is 1. The van der Waals surface area contributed by atoms with E-state index in [-0.39, 0.29) is 17.9 Å². The fraction of sp³-hybridized carbons (Fsp3) is 0.500. The summed E-state index contributed by atoms with van der Waals surface area (Å²) in [7, 11) is -3.49. The molecule has 7 nitrogen and oxygen atoms in total. The lowest BCUT2D eigenvalue weighted by Gasteiger charge is -2.33. The molecule has 2 aliphatic rings. The molecule has 1 amide bonds. The first kappa shape index (κ1) is 23.9. The van der Waals surface area contributed by atoms with Crippen molar-refractivity contribution < 1.29 is 17.9 Å². The quantitative estimate of drug-likeness (QED) is 0.476. The van der Waals surface area contributed by atoms with E-state index in [0.29, 0.717) is 41.8 Å². The van der Waals surface area contributed by atoms with Gasteiger partial charge in [-0.25, -0.2) is 13.4 Å². The van der Waals surface area contributed by atoms with Crippen LogP contribution in [0.5, 0.6) is 0 Å². The van der Waals surface area contributed by atoms with Gasteiger partial charge in [-0.2, -0.15) is 4.31 Å². The van der Waals surface area contributed by atoms with Gasteiger partial charge in [-0.15, -0.1) is 11.3 Å². The predicted octanol–water partition coefficient (Wildman–Crippen LogP) is 4.59. The molecule has 2 aliphatic heterocycles. The summed E-state index contributed by atoms with van der Waals surface area (Å²) in [5.74, 6) is -0.205. The third kappa shape index (κ3) is 4.66. The molecule has 1 unspecified atom stereocenters. The fourth-order valence-electron chi connectivity index (χ4n) is 4.84. The Bertz CT molecular complexity index is 1270. The van der Waals surface area contributed by atoms with Gasteiger partial charge in [0, 0.05) is 25.6 Å². The van der Waals surface area contributed by atoms with Crippen molar-refractivity contribution in [2.24, 2.45) is 5.92 Å². The summed E-state index contributed by atoms with van der Waals surface area (Å²) in [6.45, 7) is 6.05. The zero-order chi connectivity index (χ0) is 23.9. The van der Waals surface area contributed by atoms with Gasteiger partial charge in [0.25, 0.3) is 10.0 Å². The second-order valence-corrected chi connectivity index (χ2v) is 13.2. The monoisotopic (exact) mass is 519 g/mol. The Balaban J connectivity index is 1.37. The van der Waals surface area contributed by atoms with Crippen molar-refractivity contribution in [3.05, 3.63) is 40.8 Å². The molecule has 4 heterocycles. The standard InChI is InChI=1S/C24H29N3O4S3/c1-16-13-17(2)22-20(14-16)25-24(33-22)27(15-19-5-3-11-31-19)23(28)18-7-9-26(10-8-18)34(29,30)21-6-4-12-32-21/h4,6,12-14,18-19H,3,5,7-11,15H2,1-2H3. The number of sulfonamides is 1. The van der Waals surface area contributed by atoms with Gasteiger partial charge in [-0.1, -0.05) is 23.5 Å². The van der Waals surface area contributed by atoms with Crippen LogP contribution in [0.2, 0.25) is 0 Å². The van der Waals surface area contributed by atoms with Crippen molar-refractivity contribution >= 4 is 54.0 Å². The number of hydrogen-bond acceptors (Lipinski definition) is 7. The number of hydrogen-bond donors (Lipinski definition) is 0. The summed E-state index contributed by atoms with van der Waals surface area (Å²) in [5.41, 5.74) is 3.23. The Hall–Kier alpha value is -1.85. The number of thiophene rings is 1. The zero-order valence-electron chi connectivity index (χ0n) is 19.4. The number of fused-ring (bicyclic) bond motifs is 1. The molecular formula is C24H29N3O4S3. The average Bonchev–Trinajstić information content (AvgIpc) is 3.59. The first-order valence-electron chi connectivity index (χ1n) is 11.7. The van der Waals surface area contributed by atoms with Crippen molar-refractivity contribution in [2.45, 2.75) is 49.8 Å². The largest absolute Gasteiger partial charge is 0.376 e. The molecule has 5 rings (SSSR count). The van der Waals surface area contributed by atoms with E-state index in [9.17, 15) is 13.2 Å². The van der Waals surface area contributed by atoms with Crippen LogP contribution in [0.1, 0.15) is 36.8 Å². The summed E-state index contributed by atoms with van der Waals surface area (Å²) in [4.78, 5) is 20.4. The molecule has 1 atom stereocenters. The number of carbonyl (C=O) groups excluding carboxylic acids is 1. The normalized spacial score (nSPS) is 20.2. The van der Waals surface area contributed by atoms with Crippen LogP contribution < -0.4 is 4.90 Å². The Morgan fingerprint density at radius 3 is 2.71 bits per heavy atom. The highest BCUT2D eigenvalue weighted by atomic mass is 32.2. The van der Waals surface area contributed by atoms with Crippen molar-refractivity contribution in [3.8, 4) is 0 Å². The lowest BCUT2D eigenvalue weighted by molar-refractivity contribution is -0.123. The number of nitrogens with zero attached hydrogens (tertiary/aromatic N) is 3. The van der Waals surface area contributed by atoms with Crippen LogP contribution >= 0.6 is 22.7 Å². The maximum Gasteiger partial charge on any atom is 0.252 e. The van der Waals surface area contributed by atoms with Crippen LogP contribution in [0, 0.1) is 19.8 Å². The molecule has 2 aromatic heterocycles. The molecular weight excluding hydrogens is 490 g/mol. The van der Waals surface area contributed by atoms with Crippen LogP contribution in [0.4, 0.5) is 5.13 Å². The van der Waals surface area contributed by atoms with Gasteiger partial charge < -0.3 is 4.74 Å². The van der Waals surface area contributed by atoms with E-state index in [2.05, 4.69) is 26.0 Å². The second-order valence-electron chi connectivity index (χ2n) is 9.12. The number of ether oxygens (including phenoxy) is 1. The number of carbonyl (C=O) groups is 1. The molecule has 34 heavy (non-hydrogen) atoms. The van der Waals surface area contributed by atoms with Gasteiger partial charge in [0.2, 0.25) is 5.91 Å². The number of amides is 1. The number of piperidine rings is 1. The maximum absolute atomic E-state index is 13.8. The Labute approximate surface area is 208 Å². The smallest absolute Gasteiger partial charge is 0.252 e. The maximum atomic E-state index is 13.8. The van der Waals surface area contributed by atoms with E-state index in [0.717, 1.165) is 40.8 Å². The highest BCUT2D eigenvalue weighted by molar-refractivity contribution is 7.91. The van der Waals surface area contributed by atoms with Gasteiger partial charge in [-0.3, -0.25) is 9.69 Å². The summed E-state index contributed by atoms with van der Waals surface area (Å²) in [5, 5.41) is 2.48. The van der Waals surface area contributed by atoms with E-state index in [1.54, 1.807) is 28.8 Å². The summed E-state index contributed by atoms with van der Waals surface area (Å²) in [6.07, 6.45) is 2.97. The fourth-order valence-corrected chi connectivity index (χ4v) is 8.48. The first-order valence-corrected chi connectivity index (χ1v) is 14.8. The number of rotatable bonds is 6. The molecule has 10 heteroatoms. The highest BCUT2D eigenvalue weighted by Crippen LogP contribution is 2.35.